The highest BCUT2D eigenvalue weighted by Gasteiger charge is 2.24. The van der Waals surface area contributed by atoms with Crippen LogP contribution < -0.4 is 0 Å². The summed E-state index contributed by atoms with van der Waals surface area (Å²) in [6, 6.07) is 0. The molecular weight excluding hydrogens is 242 g/mol. The molecule has 19 heavy (non-hydrogen) atoms. The molecule has 102 valence electrons. The number of likely N-dealkylation sites (tertiary alicyclic amines) is 1. The summed E-state index contributed by atoms with van der Waals surface area (Å²) in [5.74, 6) is 2.39. The fourth-order valence-electron chi connectivity index (χ4n) is 2.79. The lowest BCUT2D eigenvalue weighted by Gasteiger charge is -2.31. The van der Waals surface area contributed by atoms with Crippen LogP contribution in [0.1, 0.15) is 41.6 Å². The van der Waals surface area contributed by atoms with E-state index in [9.17, 15) is 0 Å². The fraction of sp³-hybridized carbons (Fsp3) is 0.615. The van der Waals surface area contributed by atoms with Crippen molar-refractivity contribution < 1.29 is 4.52 Å². The van der Waals surface area contributed by atoms with Gasteiger partial charge in [0.15, 0.2) is 0 Å². The van der Waals surface area contributed by atoms with Gasteiger partial charge in [-0.1, -0.05) is 5.16 Å². The standard InChI is InChI=1S/C13H19N5O/c1-9-12(10(2)19-17-9)7-18-5-3-4-11(6-18)13-14-8-15-16-13/h8,11H,3-7H2,1-2H3,(H,14,15,16)/t11-/m0/s1. The van der Waals surface area contributed by atoms with E-state index in [2.05, 4.69) is 25.2 Å². The van der Waals surface area contributed by atoms with Gasteiger partial charge in [0.2, 0.25) is 0 Å². The van der Waals surface area contributed by atoms with Crippen molar-refractivity contribution in [1.29, 1.82) is 0 Å². The second-order valence-corrected chi connectivity index (χ2v) is 5.25. The van der Waals surface area contributed by atoms with E-state index in [1.165, 1.54) is 18.4 Å². The Kier molecular flexibility index (Phi) is 3.33. The molecule has 3 rings (SSSR count). The van der Waals surface area contributed by atoms with E-state index in [1.807, 2.05) is 13.8 Å². The van der Waals surface area contributed by atoms with Crippen LogP contribution in [-0.2, 0) is 6.54 Å². The number of nitrogens with one attached hydrogen (secondary N) is 1. The Balaban J connectivity index is 1.69. The summed E-state index contributed by atoms with van der Waals surface area (Å²) in [5.41, 5.74) is 2.22. The van der Waals surface area contributed by atoms with Crippen LogP contribution in [0.25, 0.3) is 0 Å². The third kappa shape index (κ3) is 2.53. The number of aromatic amines is 1. The van der Waals surface area contributed by atoms with Crippen LogP contribution in [0.4, 0.5) is 0 Å². The smallest absolute Gasteiger partial charge is 0.138 e. The molecule has 2 aromatic heterocycles. The van der Waals surface area contributed by atoms with Crippen molar-refractivity contribution in [2.24, 2.45) is 0 Å². The Hall–Kier alpha value is -1.69. The lowest BCUT2D eigenvalue weighted by Crippen LogP contribution is -2.34. The van der Waals surface area contributed by atoms with E-state index in [0.29, 0.717) is 5.92 Å². The van der Waals surface area contributed by atoms with E-state index in [4.69, 9.17) is 4.52 Å². The minimum Gasteiger partial charge on any atom is -0.361 e. The summed E-state index contributed by atoms with van der Waals surface area (Å²) < 4.78 is 5.23. The summed E-state index contributed by atoms with van der Waals surface area (Å²) in [7, 11) is 0. The predicted octanol–water partition coefficient (Wildman–Crippen LogP) is 1.79. The normalized spacial score (nSPS) is 20.8. The molecule has 1 fully saturated rings. The van der Waals surface area contributed by atoms with Gasteiger partial charge in [-0.05, 0) is 33.2 Å². The van der Waals surface area contributed by atoms with Crippen molar-refractivity contribution >= 4 is 0 Å². The monoisotopic (exact) mass is 261 g/mol. The largest absolute Gasteiger partial charge is 0.361 e. The highest BCUT2D eigenvalue weighted by molar-refractivity contribution is 5.20. The minimum absolute atomic E-state index is 0.455. The molecular formula is C13H19N5O. The summed E-state index contributed by atoms with van der Waals surface area (Å²) in [6.07, 6.45) is 3.95. The molecule has 6 nitrogen and oxygen atoms in total. The molecule has 1 atom stereocenters. The maximum Gasteiger partial charge on any atom is 0.138 e. The van der Waals surface area contributed by atoms with Gasteiger partial charge in [-0.2, -0.15) is 5.10 Å². The van der Waals surface area contributed by atoms with Gasteiger partial charge in [-0.15, -0.1) is 0 Å². The maximum absolute atomic E-state index is 5.23. The van der Waals surface area contributed by atoms with Crippen LogP contribution in [0, 0.1) is 13.8 Å². The number of aryl methyl sites for hydroxylation is 2. The first-order valence-corrected chi connectivity index (χ1v) is 6.73. The first-order chi connectivity index (χ1) is 9.24. The summed E-state index contributed by atoms with van der Waals surface area (Å²) in [6.45, 7) is 7.02. The highest BCUT2D eigenvalue weighted by atomic mass is 16.5. The molecule has 0 aliphatic carbocycles. The average molecular weight is 261 g/mol. The molecule has 0 unspecified atom stereocenters. The molecule has 1 saturated heterocycles. The molecule has 0 saturated carbocycles. The third-order valence-corrected chi connectivity index (χ3v) is 3.89. The van der Waals surface area contributed by atoms with Crippen molar-refractivity contribution in [3.63, 3.8) is 0 Å². The average Bonchev–Trinajstić information content (AvgIpc) is 3.05. The molecule has 1 aliphatic heterocycles. The van der Waals surface area contributed by atoms with Gasteiger partial charge < -0.3 is 4.52 Å². The first kappa shape index (κ1) is 12.3. The summed E-state index contributed by atoms with van der Waals surface area (Å²) in [5, 5.41) is 11.0. The number of rotatable bonds is 3. The number of hydrogen-bond acceptors (Lipinski definition) is 5. The van der Waals surface area contributed by atoms with Gasteiger partial charge in [0.25, 0.3) is 0 Å². The third-order valence-electron chi connectivity index (χ3n) is 3.89. The molecule has 0 radical (unpaired) electrons. The van der Waals surface area contributed by atoms with Crippen LogP contribution in [0.2, 0.25) is 0 Å². The molecule has 0 aromatic carbocycles. The first-order valence-electron chi connectivity index (χ1n) is 6.73. The van der Waals surface area contributed by atoms with Gasteiger partial charge in [0.1, 0.15) is 17.9 Å². The van der Waals surface area contributed by atoms with Crippen LogP contribution >= 0.6 is 0 Å². The lowest BCUT2D eigenvalue weighted by atomic mass is 9.97. The Bertz CT molecular complexity index is 514. The van der Waals surface area contributed by atoms with Crippen molar-refractivity contribution in [3.05, 3.63) is 29.2 Å². The SMILES string of the molecule is Cc1noc(C)c1CN1CCC[C@H](c2ncn[nH]2)C1. The van der Waals surface area contributed by atoms with Crippen molar-refractivity contribution in [3.8, 4) is 0 Å². The zero-order chi connectivity index (χ0) is 13.2. The predicted molar refractivity (Wildman–Crippen MR) is 69.6 cm³/mol. The Labute approximate surface area is 112 Å². The zero-order valence-corrected chi connectivity index (χ0v) is 11.4. The van der Waals surface area contributed by atoms with Crippen LogP contribution in [0.5, 0.6) is 0 Å². The summed E-state index contributed by atoms with van der Waals surface area (Å²) in [4.78, 5) is 6.73. The molecule has 3 heterocycles. The molecule has 6 heteroatoms. The molecule has 2 aromatic rings. The molecule has 1 N–H and O–H groups in total. The van der Waals surface area contributed by atoms with E-state index in [0.717, 1.165) is 36.9 Å². The number of H-pyrrole nitrogens is 1. The fourth-order valence-corrected chi connectivity index (χ4v) is 2.79. The topological polar surface area (TPSA) is 70.8 Å². The van der Waals surface area contributed by atoms with Gasteiger partial charge >= 0.3 is 0 Å². The van der Waals surface area contributed by atoms with Crippen LogP contribution in [-0.4, -0.2) is 38.3 Å². The number of aromatic nitrogens is 4. The van der Waals surface area contributed by atoms with Gasteiger partial charge in [0.05, 0.1) is 5.69 Å². The minimum atomic E-state index is 0.455. The van der Waals surface area contributed by atoms with Crippen molar-refractivity contribution in [2.75, 3.05) is 13.1 Å². The van der Waals surface area contributed by atoms with Crippen molar-refractivity contribution in [1.82, 2.24) is 25.2 Å². The van der Waals surface area contributed by atoms with Gasteiger partial charge in [-0.3, -0.25) is 10.00 Å². The number of nitrogens with zero attached hydrogens (tertiary/aromatic N) is 4. The number of hydrogen-bond donors (Lipinski definition) is 1. The molecule has 0 bridgehead atoms. The highest BCUT2D eigenvalue weighted by Crippen LogP contribution is 2.26. The molecule has 0 amide bonds. The molecule has 1 aliphatic rings. The van der Waals surface area contributed by atoms with E-state index < -0.39 is 0 Å². The maximum atomic E-state index is 5.23. The Morgan fingerprint density at radius 2 is 2.37 bits per heavy atom. The second-order valence-electron chi connectivity index (χ2n) is 5.25. The second kappa shape index (κ2) is 5.13. The lowest BCUT2D eigenvalue weighted by molar-refractivity contribution is 0.195. The number of piperidine rings is 1. The van der Waals surface area contributed by atoms with Gasteiger partial charge in [-0.25, -0.2) is 4.98 Å². The van der Waals surface area contributed by atoms with Crippen LogP contribution in [0.3, 0.4) is 0 Å². The quantitative estimate of drug-likeness (QED) is 0.912. The summed E-state index contributed by atoms with van der Waals surface area (Å²) >= 11 is 0. The molecule has 0 spiro atoms. The van der Waals surface area contributed by atoms with Gasteiger partial charge in [0, 0.05) is 24.6 Å². The Morgan fingerprint density at radius 3 is 3.05 bits per heavy atom. The van der Waals surface area contributed by atoms with E-state index in [1.54, 1.807) is 6.33 Å². The van der Waals surface area contributed by atoms with Crippen molar-refractivity contribution in [2.45, 2.75) is 39.2 Å². The zero-order valence-electron chi connectivity index (χ0n) is 11.4. The van der Waals surface area contributed by atoms with Crippen LogP contribution in [0.15, 0.2) is 10.9 Å². The Morgan fingerprint density at radius 1 is 1.47 bits per heavy atom. The van der Waals surface area contributed by atoms with E-state index in [-0.39, 0.29) is 0 Å². The van der Waals surface area contributed by atoms with E-state index >= 15 is 0 Å².